The Morgan fingerprint density at radius 3 is 2.56 bits per heavy atom. The Bertz CT molecular complexity index is 750. The molecule has 0 aromatic heterocycles. The molecular formula is C18H19ClN2O3S. The Labute approximate surface area is 156 Å². The molecule has 0 bridgehead atoms. The van der Waals surface area contributed by atoms with Crippen molar-refractivity contribution in [2.45, 2.75) is 17.1 Å². The molecule has 132 valence electrons. The number of halogens is 1. The maximum absolute atomic E-state index is 12.1. The molecule has 0 aliphatic rings. The van der Waals surface area contributed by atoms with Crippen molar-refractivity contribution >= 4 is 35.5 Å². The Kier molecular flexibility index (Phi) is 7.16. The number of carbonyl (C=O) groups excluding carboxylic acids is 1. The van der Waals surface area contributed by atoms with Crippen molar-refractivity contribution in [2.24, 2.45) is 5.10 Å². The van der Waals surface area contributed by atoms with Gasteiger partial charge in [-0.25, -0.2) is 5.43 Å². The zero-order valence-electron chi connectivity index (χ0n) is 14.2. The van der Waals surface area contributed by atoms with E-state index >= 15 is 0 Å². The van der Waals surface area contributed by atoms with Gasteiger partial charge in [-0.3, -0.25) is 4.79 Å². The van der Waals surface area contributed by atoms with Crippen LogP contribution in [0.2, 0.25) is 5.02 Å². The number of ether oxygens (including phenoxy) is 2. The second-order valence-electron chi connectivity index (χ2n) is 5.06. The molecule has 25 heavy (non-hydrogen) atoms. The number of carbonyl (C=O) groups is 1. The third-order valence-electron chi connectivity index (χ3n) is 3.31. The van der Waals surface area contributed by atoms with Crippen LogP contribution in [0.3, 0.4) is 0 Å². The van der Waals surface area contributed by atoms with Crippen LogP contribution in [0.1, 0.15) is 12.5 Å². The Morgan fingerprint density at radius 1 is 1.20 bits per heavy atom. The molecule has 2 rings (SSSR count). The van der Waals surface area contributed by atoms with Crippen molar-refractivity contribution < 1.29 is 14.3 Å². The third kappa shape index (κ3) is 5.69. The van der Waals surface area contributed by atoms with Gasteiger partial charge in [-0.05, 0) is 43.3 Å². The number of hydrazone groups is 1. The van der Waals surface area contributed by atoms with Crippen molar-refractivity contribution in [2.75, 3.05) is 14.2 Å². The van der Waals surface area contributed by atoms with Gasteiger partial charge in [0.1, 0.15) is 11.5 Å². The van der Waals surface area contributed by atoms with Gasteiger partial charge in [0, 0.05) is 21.5 Å². The zero-order valence-corrected chi connectivity index (χ0v) is 15.7. The molecule has 2 aromatic carbocycles. The third-order valence-corrected chi connectivity index (χ3v) is 4.68. The van der Waals surface area contributed by atoms with E-state index in [0.717, 1.165) is 10.5 Å². The summed E-state index contributed by atoms with van der Waals surface area (Å²) in [6, 6.07) is 12.7. The number of methoxy groups -OCH3 is 2. The summed E-state index contributed by atoms with van der Waals surface area (Å²) in [7, 11) is 3.15. The highest BCUT2D eigenvalue weighted by Crippen LogP contribution is 2.25. The molecule has 1 amide bonds. The summed E-state index contributed by atoms with van der Waals surface area (Å²) in [6.07, 6.45) is 1.54. The van der Waals surface area contributed by atoms with Crippen LogP contribution in [-0.2, 0) is 4.79 Å². The summed E-state index contributed by atoms with van der Waals surface area (Å²) in [5, 5.41) is 4.37. The first-order valence-electron chi connectivity index (χ1n) is 7.50. The standard InChI is InChI=1S/C18H19ClN2O3S/c1-12(25-16-8-5-14(19)6-9-16)18(22)21-20-11-13-4-7-15(23-2)10-17(13)24-3/h4-12H,1-3H3,(H,21,22)/b20-11-/t12-/m0/s1. The van der Waals surface area contributed by atoms with Crippen LogP contribution in [0.15, 0.2) is 52.5 Å². The lowest BCUT2D eigenvalue weighted by Crippen LogP contribution is -2.26. The number of hydrogen-bond donors (Lipinski definition) is 1. The fourth-order valence-electron chi connectivity index (χ4n) is 1.95. The molecule has 0 aliphatic heterocycles. The lowest BCUT2D eigenvalue weighted by Gasteiger charge is -2.10. The second-order valence-corrected chi connectivity index (χ2v) is 6.91. The smallest absolute Gasteiger partial charge is 0.253 e. The van der Waals surface area contributed by atoms with E-state index in [1.54, 1.807) is 44.6 Å². The molecule has 0 saturated heterocycles. The van der Waals surface area contributed by atoms with Gasteiger partial charge in [0.2, 0.25) is 0 Å². The average Bonchev–Trinajstić information content (AvgIpc) is 2.63. The van der Waals surface area contributed by atoms with Crippen LogP contribution in [-0.4, -0.2) is 31.6 Å². The van der Waals surface area contributed by atoms with Gasteiger partial charge in [0.25, 0.3) is 5.91 Å². The van der Waals surface area contributed by atoms with E-state index in [2.05, 4.69) is 10.5 Å². The van der Waals surface area contributed by atoms with Gasteiger partial charge < -0.3 is 9.47 Å². The van der Waals surface area contributed by atoms with Crippen LogP contribution in [0.5, 0.6) is 11.5 Å². The molecule has 1 atom stereocenters. The number of benzene rings is 2. The molecule has 0 radical (unpaired) electrons. The molecular weight excluding hydrogens is 360 g/mol. The maximum atomic E-state index is 12.1. The van der Waals surface area contributed by atoms with Crippen LogP contribution in [0.25, 0.3) is 0 Å². The van der Waals surface area contributed by atoms with Crippen LogP contribution in [0.4, 0.5) is 0 Å². The molecule has 0 spiro atoms. The van der Waals surface area contributed by atoms with Gasteiger partial charge in [0.05, 0.1) is 25.7 Å². The molecule has 5 nitrogen and oxygen atoms in total. The van der Waals surface area contributed by atoms with Crippen molar-refractivity contribution in [1.29, 1.82) is 0 Å². The lowest BCUT2D eigenvalue weighted by atomic mass is 10.2. The minimum atomic E-state index is -0.295. The van der Waals surface area contributed by atoms with E-state index in [9.17, 15) is 4.79 Å². The van der Waals surface area contributed by atoms with E-state index in [1.165, 1.54) is 18.0 Å². The highest BCUT2D eigenvalue weighted by molar-refractivity contribution is 8.00. The van der Waals surface area contributed by atoms with Crippen molar-refractivity contribution in [1.82, 2.24) is 5.43 Å². The number of hydrogen-bond acceptors (Lipinski definition) is 5. The molecule has 0 saturated carbocycles. The van der Waals surface area contributed by atoms with Crippen molar-refractivity contribution in [3.8, 4) is 11.5 Å². The normalized spacial score (nSPS) is 12.0. The second kappa shape index (κ2) is 9.34. The summed E-state index contributed by atoms with van der Waals surface area (Å²) in [6.45, 7) is 1.82. The maximum Gasteiger partial charge on any atom is 0.253 e. The molecule has 0 unspecified atom stereocenters. The van der Waals surface area contributed by atoms with Gasteiger partial charge >= 0.3 is 0 Å². The van der Waals surface area contributed by atoms with Gasteiger partial charge in [-0.2, -0.15) is 5.10 Å². The predicted molar refractivity (Wildman–Crippen MR) is 102 cm³/mol. The summed E-state index contributed by atoms with van der Waals surface area (Å²) in [5.41, 5.74) is 3.28. The van der Waals surface area contributed by atoms with E-state index < -0.39 is 0 Å². The van der Waals surface area contributed by atoms with Crippen LogP contribution >= 0.6 is 23.4 Å². The number of amides is 1. The van der Waals surface area contributed by atoms with Gasteiger partial charge in [-0.1, -0.05) is 11.6 Å². The molecule has 7 heteroatoms. The molecule has 2 aromatic rings. The Hall–Kier alpha value is -2.18. The number of rotatable bonds is 7. The number of nitrogens with zero attached hydrogens (tertiary/aromatic N) is 1. The van der Waals surface area contributed by atoms with Gasteiger partial charge in [-0.15, -0.1) is 11.8 Å². The summed E-state index contributed by atoms with van der Waals surface area (Å²) in [4.78, 5) is 13.1. The zero-order chi connectivity index (χ0) is 18.2. The van der Waals surface area contributed by atoms with E-state index in [4.69, 9.17) is 21.1 Å². The summed E-state index contributed by atoms with van der Waals surface area (Å²) >= 11 is 7.29. The fourth-order valence-corrected chi connectivity index (χ4v) is 2.94. The Morgan fingerprint density at radius 2 is 1.92 bits per heavy atom. The Balaban J connectivity index is 1.94. The van der Waals surface area contributed by atoms with E-state index in [-0.39, 0.29) is 11.2 Å². The van der Waals surface area contributed by atoms with Crippen LogP contribution in [0, 0.1) is 0 Å². The SMILES string of the molecule is COc1ccc(/C=N\NC(=O)[C@H](C)Sc2ccc(Cl)cc2)c(OC)c1. The minimum Gasteiger partial charge on any atom is -0.497 e. The number of nitrogens with one attached hydrogen (secondary N) is 1. The average molecular weight is 379 g/mol. The first-order chi connectivity index (χ1) is 12.0. The number of thioether (sulfide) groups is 1. The van der Waals surface area contributed by atoms with E-state index in [0.29, 0.717) is 16.5 Å². The molecule has 1 N–H and O–H groups in total. The molecule has 0 fully saturated rings. The van der Waals surface area contributed by atoms with Crippen molar-refractivity contribution in [3.05, 3.63) is 53.1 Å². The molecule has 0 heterocycles. The highest BCUT2D eigenvalue weighted by atomic mass is 35.5. The van der Waals surface area contributed by atoms with E-state index in [1.807, 2.05) is 19.1 Å². The predicted octanol–water partition coefficient (Wildman–Crippen LogP) is 3.99. The minimum absolute atomic E-state index is 0.191. The largest absolute Gasteiger partial charge is 0.497 e. The first-order valence-corrected chi connectivity index (χ1v) is 8.76. The van der Waals surface area contributed by atoms with Gasteiger partial charge in [0.15, 0.2) is 0 Å². The summed E-state index contributed by atoms with van der Waals surface area (Å²) < 4.78 is 10.4. The first kappa shape index (κ1) is 19.1. The fraction of sp³-hybridized carbons (Fsp3) is 0.222. The van der Waals surface area contributed by atoms with Crippen molar-refractivity contribution in [3.63, 3.8) is 0 Å². The summed E-state index contributed by atoms with van der Waals surface area (Å²) in [5.74, 6) is 1.11. The topological polar surface area (TPSA) is 59.9 Å². The monoisotopic (exact) mass is 378 g/mol. The highest BCUT2D eigenvalue weighted by Gasteiger charge is 2.13. The quantitative estimate of drug-likeness (QED) is 0.449. The van der Waals surface area contributed by atoms with Crippen LogP contribution < -0.4 is 14.9 Å². The molecule has 0 aliphatic carbocycles. The lowest BCUT2D eigenvalue weighted by molar-refractivity contribution is -0.120.